The lowest BCUT2D eigenvalue weighted by Crippen LogP contribution is -2.45. The van der Waals surface area contributed by atoms with Crippen molar-refractivity contribution < 1.29 is 39.8 Å². The van der Waals surface area contributed by atoms with E-state index in [0.717, 1.165) is 60.8 Å². The van der Waals surface area contributed by atoms with Gasteiger partial charge in [0.05, 0.1) is 6.10 Å². The van der Waals surface area contributed by atoms with E-state index in [2.05, 4.69) is 24.3 Å². The molecule has 2 fully saturated rings. The third kappa shape index (κ3) is 7.42. The van der Waals surface area contributed by atoms with Gasteiger partial charge in [0.2, 0.25) is 5.75 Å². The Labute approximate surface area is 311 Å². The highest BCUT2D eigenvalue weighted by atomic mass is 16.5. The van der Waals surface area contributed by atoms with Gasteiger partial charge in [-0.2, -0.15) is 0 Å². The van der Waals surface area contributed by atoms with Gasteiger partial charge in [-0.1, -0.05) is 67.8 Å². The normalized spacial score (nSPS) is 22.4. The number of phenolic OH excluding ortho intramolecular Hbond substituents is 4. The first kappa shape index (κ1) is 36.6. The van der Waals surface area contributed by atoms with Crippen LogP contribution in [0.25, 0.3) is 0 Å². The molecule has 280 valence electrons. The Kier molecular flexibility index (Phi) is 10.9. The molecule has 0 amide bonds. The summed E-state index contributed by atoms with van der Waals surface area (Å²) >= 11 is 0. The third-order valence-corrected chi connectivity index (χ3v) is 12.3. The summed E-state index contributed by atoms with van der Waals surface area (Å²) in [6.07, 6.45) is 7.44. The fourth-order valence-corrected chi connectivity index (χ4v) is 9.98. The second-order valence-corrected chi connectivity index (χ2v) is 15.3. The van der Waals surface area contributed by atoms with Gasteiger partial charge in [0, 0.05) is 18.4 Å². The van der Waals surface area contributed by atoms with E-state index in [1.165, 1.54) is 18.1 Å². The minimum Gasteiger partial charge on any atom is -0.508 e. The van der Waals surface area contributed by atoms with Crippen molar-refractivity contribution in [2.24, 2.45) is 17.6 Å². The number of aromatic hydroxyl groups is 4. The highest BCUT2D eigenvalue weighted by Gasteiger charge is 2.54. The van der Waals surface area contributed by atoms with Crippen LogP contribution in [0.15, 0.2) is 78.9 Å². The summed E-state index contributed by atoms with van der Waals surface area (Å²) in [7, 11) is 0. The predicted octanol–water partition coefficient (Wildman–Crippen LogP) is 7.84. The van der Waals surface area contributed by atoms with Crippen LogP contribution in [0.2, 0.25) is 0 Å². The summed E-state index contributed by atoms with van der Waals surface area (Å²) in [5.74, 6) is -0.332. The Morgan fingerprint density at radius 3 is 2.40 bits per heavy atom. The Hall–Kier alpha value is -4.73. The molecule has 0 heterocycles. The van der Waals surface area contributed by atoms with Gasteiger partial charge in [0.25, 0.3) is 0 Å². The number of aryl methyl sites for hydroxylation is 1. The largest absolute Gasteiger partial charge is 0.508 e. The van der Waals surface area contributed by atoms with E-state index in [9.17, 15) is 30.3 Å². The molecule has 2 bridgehead atoms. The molecule has 2 saturated carbocycles. The van der Waals surface area contributed by atoms with Gasteiger partial charge in [0.1, 0.15) is 24.9 Å². The Bertz CT molecular complexity index is 1910. The number of aliphatic hydroxyl groups is 1. The van der Waals surface area contributed by atoms with Crippen LogP contribution < -0.4 is 15.2 Å². The Morgan fingerprint density at radius 1 is 0.849 bits per heavy atom. The van der Waals surface area contributed by atoms with E-state index in [-0.39, 0.29) is 95.5 Å². The highest BCUT2D eigenvalue weighted by Crippen LogP contribution is 2.65. The average Bonchev–Trinajstić information content (AvgIpc) is 3.46. The van der Waals surface area contributed by atoms with Crippen molar-refractivity contribution in [2.45, 2.75) is 101 Å². The number of Topliss-reactive ketones (excluding diaryl/α,β-unsaturated/α-hetero) is 1. The molecule has 4 aliphatic carbocycles. The maximum Gasteiger partial charge on any atom is 0.200 e. The maximum atomic E-state index is 13.6. The molecule has 9 heteroatoms. The first-order chi connectivity index (χ1) is 25.7. The van der Waals surface area contributed by atoms with E-state index >= 15 is 0 Å². The number of carbonyl (C=O) groups excluding carboxylic acids is 1. The monoisotopic (exact) mass is 721 g/mol. The quantitative estimate of drug-likeness (QED) is 0.0597. The lowest BCUT2D eigenvalue weighted by atomic mass is 9.52. The van der Waals surface area contributed by atoms with E-state index in [1.54, 1.807) is 36.4 Å². The number of benzene rings is 4. The number of nitrogens with two attached hydrogens (primary N) is 1. The second-order valence-electron chi connectivity index (χ2n) is 15.3. The van der Waals surface area contributed by atoms with Crippen molar-refractivity contribution in [1.82, 2.24) is 0 Å². The van der Waals surface area contributed by atoms with Gasteiger partial charge >= 0.3 is 0 Å². The summed E-state index contributed by atoms with van der Waals surface area (Å²) in [6.45, 7) is 0.0118. The summed E-state index contributed by atoms with van der Waals surface area (Å²) in [5, 5.41) is 54.9. The Balaban J connectivity index is 1.24. The van der Waals surface area contributed by atoms with E-state index in [0.29, 0.717) is 12.8 Å². The van der Waals surface area contributed by atoms with Crippen molar-refractivity contribution in [3.63, 3.8) is 0 Å². The molecule has 9 nitrogen and oxygen atoms in total. The molecule has 0 radical (unpaired) electrons. The molecule has 4 aromatic carbocycles. The van der Waals surface area contributed by atoms with Crippen LogP contribution in [0, 0.1) is 11.8 Å². The first-order valence-electron chi connectivity index (χ1n) is 19.1. The van der Waals surface area contributed by atoms with E-state index in [1.807, 2.05) is 12.1 Å². The SMILES string of the molecule is NCOc1cc(CCC(=O)CC(O)C2CCC3CC(C4(c5ccccc5)CCCCC4)C2c2cc(O)c(O)c(OCc4cccc(O)c4)c23)ccc1O. The van der Waals surface area contributed by atoms with Crippen LogP contribution in [-0.2, 0) is 23.2 Å². The van der Waals surface area contributed by atoms with Crippen LogP contribution in [0.3, 0.4) is 0 Å². The fraction of sp³-hybridized carbons (Fsp3) is 0.432. The molecular formula is C44H51NO8. The zero-order chi connectivity index (χ0) is 37.1. The maximum absolute atomic E-state index is 13.6. The van der Waals surface area contributed by atoms with E-state index < -0.39 is 6.10 Å². The lowest BCUT2D eigenvalue weighted by molar-refractivity contribution is -0.122. The minimum absolute atomic E-state index is 0.00138. The topological polar surface area (TPSA) is 163 Å². The van der Waals surface area contributed by atoms with Crippen LogP contribution in [0.5, 0.6) is 34.5 Å². The fourth-order valence-electron chi connectivity index (χ4n) is 9.98. The van der Waals surface area contributed by atoms with Crippen LogP contribution in [-0.4, -0.2) is 44.2 Å². The van der Waals surface area contributed by atoms with Crippen LogP contribution in [0.1, 0.15) is 104 Å². The third-order valence-electron chi connectivity index (χ3n) is 12.3. The number of ketones is 1. The van der Waals surface area contributed by atoms with Crippen molar-refractivity contribution in [1.29, 1.82) is 0 Å². The minimum atomic E-state index is -0.917. The number of fused-ring (bicyclic) bond motifs is 3. The summed E-state index contributed by atoms with van der Waals surface area (Å²) in [4.78, 5) is 13.6. The number of carbonyl (C=O) groups is 1. The van der Waals surface area contributed by atoms with Crippen molar-refractivity contribution >= 4 is 5.78 Å². The zero-order valence-electron chi connectivity index (χ0n) is 30.1. The zero-order valence-corrected chi connectivity index (χ0v) is 30.1. The predicted molar refractivity (Wildman–Crippen MR) is 201 cm³/mol. The van der Waals surface area contributed by atoms with E-state index in [4.69, 9.17) is 15.2 Å². The molecule has 4 aliphatic rings. The van der Waals surface area contributed by atoms with Gasteiger partial charge < -0.3 is 35.0 Å². The summed E-state index contributed by atoms with van der Waals surface area (Å²) in [5.41, 5.74) is 9.98. The highest BCUT2D eigenvalue weighted by molar-refractivity contribution is 5.79. The molecule has 4 aromatic rings. The van der Waals surface area contributed by atoms with Crippen LogP contribution in [0.4, 0.5) is 0 Å². The number of ether oxygens (including phenoxy) is 2. The van der Waals surface area contributed by atoms with Gasteiger partial charge in [-0.05, 0) is 120 Å². The number of aliphatic hydroxyl groups excluding tert-OH is 1. The Morgan fingerprint density at radius 2 is 1.64 bits per heavy atom. The second kappa shape index (κ2) is 15.7. The molecule has 0 aliphatic heterocycles. The van der Waals surface area contributed by atoms with Gasteiger partial charge in [-0.15, -0.1) is 0 Å². The number of hydrogen-bond donors (Lipinski definition) is 6. The first-order valence-corrected chi connectivity index (χ1v) is 19.1. The smallest absolute Gasteiger partial charge is 0.200 e. The molecular weight excluding hydrogens is 670 g/mol. The number of hydrogen-bond acceptors (Lipinski definition) is 9. The standard InChI is InChI=1S/C44H51NO8/c45-26-53-39-21-27(13-17-36(39)48)12-15-32(47)23-37(49)33-16-14-29-22-35(44(18-5-2-6-19-44)30-9-3-1-4-10-30)41(33)34-24-38(50)42(51)43(40(29)34)52-25-28-8-7-11-31(46)20-28/h1,3-4,7-11,13,17,20-21,24,29,33,35,37,41,46,48-51H,2,5-6,12,14-16,18-19,22-23,25-26,45H2. The van der Waals surface area contributed by atoms with Crippen molar-refractivity contribution in [3.8, 4) is 34.5 Å². The van der Waals surface area contributed by atoms with Crippen LogP contribution >= 0.6 is 0 Å². The van der Waals surface area contributed by atoms with Gasteiger partial charge in [-0.25, -0.2) is 0 Å². The van der Waals surface area contributed by atoms with Crippen molar-refractivity contribution in [2.75, 3.05) is 6.73 Å². The molecule has 5 unspecified atom stereocenters. The summed E-state index contributed by atoms with van der Waals surface area (Å²) < 4.78 is 11.7. The number of phenols is 4. The molecule has 8 rings (SSSR count). The average molecular weight is 722 g/mol. The molecule has 0 saturated heterocycles. The summed E-state index contributed by atoms with van der Waals surface area (Å²) in [6, 6.07) is 24.2. The molecule has 5 atom stereocenters. The van der Waals surface area contributed by atoms with Gasteiger partial charge in [0.15, 0.2) is 23.0 Å². The number of rotatable bonds is 13. The van der Waals surface area contributed by atoms with Crippen molar-refractivity contribution in [3.05, 3.63) is 107 Å². The molecule has 0 spiro atoms. The lowest BCUT2D eigenvalue weighted by Gasteiger charge is -2.52. The molecule has 0 aromatic heterocycles. The molecule has 53 heavy (non-hydrogen) atoms. The molecule has 7 N–H and O–H groups in total. The van der Waals surface area contributed by atoms with Gasteiger partial charge in [-0.3, -0.25) is 10.5 Å².